The molecule has 2 rings (SSSR count). The quantitative estimate of drug-likeness (QED) is 0.434. The Balaban J connectivity index is 1.75. The van der Waals surface area contributed by atoms with Gasteiger partial charge in [0.05, 0.1) is 12.9 Å². The van der Waals surface area contributed by atoms with Crippen LogP contribution < -0.4 is 5.32 Å². The first-order chi connectivity index (χ1) is 11.6. The molecular weight excluding hydrogens is 354 g/mol. The summed E-state index contributed by atoms with van der Waals surface area (Å²) in [5.41, 5.74) is 0.717. The minimum absolute atomic E-state index is 0.148. The van der Waals surface area contributed by atoms with E-state index in [1.807, 2.05) is 6.07 Å². The lowest BCUT2D eigenvalue weighted by Crippen LogP contribution is -2.26. The summed E-state index contributed by atoms with van der Waals surface area (Å²) in [7, 11) is 1.33. The number of nitrogens with one attached hydrogen (secondary N) is 1. The summed E-state index contributed by atoms with van der Waals surface area (Å²) in [6.45, 7) is 0.409. The van der Waals surface area contributed by atoms with E-state index in [1.165, 1.54) is 7.11 Å². The van der Waals surface area contributed by atoms with Gasteiger partial charge in [0, 0.05) is 23.6 Å². The van der Waals surface area contributed by atoms with Crippen LogP contribution in [0.5, 0.6) is 0 Å². The zero-order chi connectivity index (χ0) is 17.4. The molecule has 0 aliphatic rings. The van der Waals surface area contributed by atoms with E-state index in [2.05, 4.69) is 20.3 Å². The van der Waals surface area contributed by atoms with E-state index in [0.717, 1.165) is 11.8 Å². The molecule has 9 heteroatoms. The summed E-state index contributed by atoms with van der Waals surface area (Å²) in [5.74, 6) is 0.0268. The van der Waals surface area contributed by atoms with Gasteiger partial charge in [-0.25, -0.2) is 0 Å². The summed E-state index contributed by atoms with van der Waals surface area (Å²) in [5, 5.41) is 11.4. The van der Waals surface area contributed by atoms with Crippen molar-refractivity contribution in [3.05, 3.63) is 29.3 Å². The first kappa shape index (κ1) is 18.3. The predicted octanol–water partition coefficient (Wildman–Crippen LogP) is 2.55. The molecule has 0 saturated heterocycles. The number of ether oxygens (including phenoxy) is 1. The van der Waals surface area contributed by atoms with Crippen LogP contribution >= 0.6 is 23.4 Å². The number of hydrogen-bond acceptors (Lipinski definition) is 7. The van der Waals surface area contributed by atoms with Crippen molar-refractivity contribution in [2.45, 2.75) is 18.1 Å². The van der Waals surface area contributed by atoms with E-state index in [9.17, 15) is 9.59 Å². The summed E-state index contributed by atoms with van der Waals surface area (Å²) >= 11 is 7.06. The van der Waals surface area contributed by atoms with Crippen molar-refractivity contribution in [1.82, 2.24) is 15.5 Å². The van der Waals surface area contributed by atoms with E-state index < -0.39 is 0 Å². The van der Waals surface area contributed by atoms with Crippen molar-refractivity contribution < 1.29 is 18.7 Å². The van der Waals surface area contributed by atoms with E-state index in [0.29, 0.717) is 34.7 Å². The predicted molar refractivity (Wildman–Crippen MR) is 89.7 cm³/mol. The van der Waals surface area contributed by atoms with Crippen LogP contribution in [0.4, 0.5) is 0 Å². The van der Waals surface area contributed by atoms with Crippen LogP contribution in [0.1, 0.15) is 12.8 Å². The van der Waals surface area contributed by atoms with Gasteiger partial charge in [0.25, 0.3) is 5.22 Å². The maximum Gasteiger partial charge on any atom is 0.305 e. The Labute approximate surface area is 148 Å². The lowest BCUT2D eigenvalue weighted by molar-refractivity contribution is -0.140. The maximum absolute atomic E-state index is 11.7. The average molecular weight is 370 g/mol. The van der Waals surface area contributed by atoms with E-state index in [4.69, 9.17) is 16.0 Å². The van der Waals surface area contributed by atoms with Crippen molar-refractivity contribution in [3.8, 4) is 11.5 Å². The summed E-state index contributed by atoms with van der Waals surface area (Å²) in [6.07, 6.45) is 0.805. The minimum atomic E-state index is -0.293. The average Bonchev–Trinajstić information content (AvgIpc) is 3.05. The van der Waals surface area contributed by atoms with Gasteiger partial charge in [0.15, 0.2) is 0 Å². The molecule has 0 aliphatic carbocycles. The van der Waals surface area contributed by atoms with Gasteiger partial charge in [-0.05, 0) is 24.6 Å². The van der Waals surface area contributed by atoms with Crippen molar-refractivity contribution in [1.29, 1.82) is 0 Å². The lowest BCUT2D eigenvalue weighted by atomic mass is 10.2. The molecule has 0 unspecified atom stereocenters. The Hall–Kier alpha value is -2.06. The normalized spacial score (nSPS) is 10.4. The number of carbonyl (C=O) groups is 2. The molecule has 24 heavy (non-hydrogen) atoms. The van der Waals surface area contributed by atoms with Crippen LogP contribution in [-0.2, 0) is 14.3 Å². The zero-order valence-corrected chi connectivity index (χ0v) is 14.5. The van der Waals surface area contributed by atoms with Crippen LogP contribution in [0.15, 0.2) is 33.9 Å². The Morgan fingerprint density at radius 1 is 1.38 bits per heavy atom. The molecule has 0 radical (unpaired) electrons. The third-order valence-corrected chi connectivity index (χ3v) is 3.97. The highest BCUT2D eigenvalue weighted by molar-refractivity contribution is 7.99. The van der Waals surface area contributed by atoms with E-state index in [-0.39, 0.29) is 24.1 Å². The van der Waals surface area contributed by atoms with Gasteiger partial charge in [-0.1, -0.05) is 29.4 Å². The largest absolute Gasteiger partial charge is 0.469 e. The van der Waals surface area contributed by atoms with Crippen molar-refractivity contribution >= 4 is 35.2 Å². The number of methoxy groups -OCH3 is 1. The molecule has 7 nitrogen and oxygen atoms in total. The molecule has 2 aromatic rings. The number of aromatic nitrogens is 2. The molecule has 0 atom stereocenters. The van der Waals surface area contributed by atoms with Crippen LogP contribution in [0.3, 0.4) is 0 Å². The van der Waals surface area contributed by atoms with Gasteiger partial charge < -0.3 is 14.5 Å². The molecule has 1 N–H and O–H groups in total. The van der Waals surface area contributed by atoms with Gasteiger partial charge in [0.2, 0.25) is 11.8 Å². The van der Waals surface area contributed by atoms with Gasteiger partial charge >= 0.3 is 5.97 Å². The van der Waals surface area contributed by atoms with E-state index in [1.54, 1.807) is 18.2 Å². The molecule has 1 amide bonds. The number of halogens is 1. The Kier molecular flexibility index (Phi) is 7.07. The second-order valence-corrected chi connectivity index (χ2v) is 6.06. The molecule has 0 aliphatic heterocycles. The molecule has 0 fully saturated rings. The number of amides is 1. The number of carbonyl (C=O) groups excluding carboxylic acids is 2. The number of esters is 1. The number of hydrogen-bond donors (Lipinski definition) is 1. The standard InChI is InChI=1S/C15H16ClN3O4S/c1-22-13(21)6-3-7-17-12(20)9-24-15-19-18-14(23-15)10-4-2-5-11(16)8-10/h2,4-5,8H,3,6-7,9H2,1H3,(H,17,20). The highest BCUT2D eigenvalue weighted by Gasteiger charge is 2.11. The van der Waals surface area contributed by atoms with Gasteiger partial charge in [-0.2, -0.15) is 0 Å². The fraction of sp³-hybridized carbons (Fsp3) is 0.333. The van der Waals surface area contributed by atoms with Crippen LogP contribution in [0.2, 0.25) is 5.02 Å². The van der Waals surface area contributed by atoms with Crippen LogP contribution in [-0.4, -0.2) is 41.5 Å². The van der Waals surface area contributed by atoms with Crippen LogP contribution in [0.25, 0.3) is 11.5 Å². The summed E-state index contributed by atoms with van der Waals surface area (Å²) in [4.78, 5) is 22.6. The molecule has 1 aromatic heterocycles. The monoisotopic (exact) mass is 369 g/mol. The fourth-order valence-corrected chi connectivity index (χ4v) is 2.53. The van der Waals surface area contributed by atoms with Crippen molar-refractivity contribution in [2.75, 3.05) is 19.4 Å². The smallest absolute Gasteiger partial charge is 0.305 e. The third kappa shape index (κ3) is 5.86. The molecule has 128 valence electrons. The Morgan fingerprint density at radius 3 is 2.96 bits per heavy atom. The summed E-state index contributed by atoms with van der Waals surface area (Å²) in [6, 6.07) is 7.07. The zero-order valence-electron chi connectivity index (χ0n) is 13.0. The molecule has 1 aromatic carbocycles. The highest BCUT2D eigenvalue weighted by Crippen LogP contribution is 2.24. The number of nitrogens with zero attached hydrogens (tertiary/aromatic N) is 2. The second-order valence-electron chi connectivity index (χ2n) is 4.70. The van der Waals surface area contributed by atoms with Crippen molar-refractivity contribution in [2.24, 2.45) is 0 Å². The minimum Gasteiger partial charge on any atom is -0.469 e. The summed E-state index contributed by atoms with van der Waals surface area (Å²) < 4.78 is 10.0. The van der Waals surface area contributed by atoms with Gasteiger partial charge in [-0.3, -0.25) is 9.59 Å². The molecule has 0 saturated carbocycles. The number of benzene rings is 1. The maximum atomic E-state index is 11.7. The lowest BCUT2D eigenvalue weighted by Gasteiger charge is -2.03. The SMILES string of the molecule is COC(=O)CCCNC(=O)CSc1nnc(-c2cccc(Cl)c2)o1. The molecule has 0 spiro atoms. The number of rotatable bonds is 8. The third-order valence-electron chi connectivity index (χ3n) is 2.91. The van der Waals surface area contributed by atoms with Gasteiger partial charge in [0.1, 0.15) is 0 Å². The first-order valence-corrected chi connectivity index (χ1v) is 8.50. The Bertz CT molecular complexity index is 708. The number of thioether (sulfide) groups is 1. The molecule has 0 bridgehead atoms. The van der Waals surface area contributed by atoms with Gasteiger partial charge in [-0.15, -0.1) is 10.2 Å². The van der Waals surface area contributed by atoms with Crippen LogP contribution in [0, 0.1) is 0 Å². The topological polar surface area (TPSA) is 94.3 Å². The van der Waals surface area contributed by atoms with E-state index >= 15 is 0 Å². The second kappa shape index (κ2) is 9.29. The highest BCUT2D eigenvalue weighted by atomic mass is 35.5. The first-order valence-electron chi connectivity index (χ1n) is 7.14. The Morgan fingerprint density at radius 2 is 2.21 bits per heavy atom. The molecule has 1 heterocycles. The fourth-order valence-electron chi connectivity index (χ4n) is 1.75. The molecular formula is C15H16ClN3O4S. The van der Waals surface area contributed by atoms with Crippen molar-refractivity contribution in [3.63, 3.8) is 0 Å².